The Hall–Kier alpha value is -0.800. The van der Waals surface area contributed by atoms with Gasteiger partial charge in [-0.05, 0) is 40.9 Å². The van der Waals surface area contributed by atoms with Gasteiger partial charge in [-0.25, -0.2) is 0 Å². The molecule has 0 radical (unpaired) electrons. The molecule has 2 nitrogen and oxygen atoms in total. The maximum Gasteiger partial charge on any atom is 0.148 e. The Morgan fingerprint density at radius 2 is 2.11 bits per heavy atom. The zero-order valence-electron chi connectivity index (χ0n) is 11.2. The highest BCUT2D eigenvalue weighted by atomic mass is 79.9. The minimum atomic E-state index is 0.471. The lowest BCUT2D eigenvalue weighted by atomic mass is 9.99. The number of halogens is 1. The molecular formula is C15H20BrNO. The van der Waals surface area contributed by atoms with E-state index >= 15 is 0 Å². The fraction of sp³-hybridized carbons (Fsp3) is 0.467. The van der Waals surface area contributed by atoms with Crippen LogP contribution < -0.4 is 5.32 Å². The van der Waals surface area contributed by atoms with Gasteiger partial charge in [0.15, 0.2) is 0 Å². The molecule has 0 atom stereocenters. The van der Waals surface area contributed by atoms with Gasteiger partial charge in [0.25, 0.3) is 0 Å². The smallest absolute Gasteiger partial charge is 0.148 e. The summed E-state index contributed by atoms with van der Waals surface area (Å²) in [5.41, 5.74) is 2.30. The Kier molecular flexibility index (Phi) is 4.46. The maximum atomic E-state index is 6.03. The van der Waals surface area contributed by atoms with Gasteiger partial charge >= 0.3 is 0 Å². The molecule has 0 amide bonds. The van der Waals surface area contributed by atoms with Crippen molar-refractivity contribution in [3.63, 3.8) is 0 Å². The van der Waals surface area contributed by atoms with Crippen molar-refractivity contribution >= 4 is 26.9 Å². The van der Waals surface area contributed by atoms with E-state index in [-0.39, 0.29) is 0 Å². The van der Waals surface area contributed by atoms with Crippen LogP contribution in [-0.4, -0.2) is 6.54 Å². The summed E-state index contributed by atoms with van der Waals surface area (Å²) in [5.74, 6) is 1.54. The average Bonchev–Trinajstić information content (AvgIpc) is 2.69. The summed E-state index contributed by atoms with van der Waals surface area (Å²) in [5, 5.41) is 4.65. The molecule has 2 rings (SSSR count). The third-order valence-electron chi connectivity index (χ3n) is 3.07. The fourth-order valence-electron chi connectivity index (χ4n) is 2.30. The summed E-state index contributed by atoms with van der Waals surface area (Å²) in [4.78, 5) is 0. The lowest BCUT2D eigenvalue weighted by Crippen LogP contribution is -2.14. The van der Waals surface area contributed by atoms with E-state index in [1.54, 1.807) is 0 Å². The number of hydrogen-bond acceptors (Lipinski definition) is 2. The van der Waals surface area contributed by atoms with Crippen molar-refractivity contribution < 1.29 is 4.42 Å². The first-order chi connectivity index (χ1) is 8.65. The minimum Gasteiger partial charge on any atom is -0.458 e. The quantitative estimate of drug-likeness (QED) is 0.801. The Morgan fingerprint density at radius 1 is 1.33 bits per heavy atom. The van der Waals surface area contributed by atoms with E-state index in [1.807, 2.05) is 6.07 Å². The van der Waals surface area contributed by atoms with Gasteiger partial charge in [-0.2, -0.15) is 0 Å². The van der Waals surface area contributed by atoms with Gasteiger partial charge in [0.2, 0.25) is 0 Å². The van der Waals surface area contributed by atoms with Gasteiger partial charge in [0, 0.05) is 10.9 Å². The molecule has 2 aromatic rings. The third-order valence-corrected chi connectivity index (χ3v) is 3.70. The zero-order valence-corrected chi connectivity index (χ0v) is 12.8. The van der Waals surface area contributed by atoms with E-state index in [9.17, 15) is 0 Å². The molecule has 0 fully saturated rings. The van der Waals surface area contributed by atoms with Crippen molar-refractivity contribution in [2.45, 2.75) is 39.7 Å². The second kappa shape index (κ2) is 5.89. The maximum absolute atomic E-state index is 6.03. The third kappa shape index (κ3) is 2.62. The topological polar surface area (TPSA) is 25.2 Å². The molecule has 3 heteroatoms. The van der Waals surface area contributed by atoms with Crippen molar-refractivity contribution in [2.24, 2.45) is 0 Å². The van der Waals surface area contributed by atoms with Crippen LogP contribution in [0.1, 0.15) is 44.4 Å². The molecule has 1 N–H and O–H groups in total. The average molecular weight is 310 g/mol. The molecule has 1 heterocycles. The second-order valence-corrected chi connectivity index (χ2v) is 5.74. The summed E-state index contributed by atoms with van der Waals surface area (Å²) in [7, 11) is 0. The van der Waals surface area contributed by atoms with Crippen molar-refractivity contribution in [1.29, 1.82) is 0 Å². The molecule has 0 saturated heterocycles. The number of rotatable bonds is 5. The van der Waals surface area contributed by atoms with Crippen molar-refractivity contribution in [1.82, 2.24) is 5.32 Å². The van der Waals surface area contributed by atoms with Gasteiger partial charge < -0.3 is 9.73 Å². The van der Waals surface area contributed by atoms with Crippen LogP contribution in [0.25, 0.3) is 11.0 Å². The summed E-state index contributed by atoms with van der Waals surface area (Å²) < 4.78 is 7.06. The molecule has 0 aliphatic carbocycles. The van der Waals surface area contributed by atoms with E-state index in [0.29, 0.717) is 5.92 Å². The van der Waals surface area contributed by atoms with Crippen LogP contribution in [0.4, 0.5) is 0 Å². The zero-order chi connectivity index (χ0) is 13.1. The monoisotopic (exact) mass is 309 g/mol. The van der Waals surface area contributed by atoms with E-state index < -0.39 is 0 Å². The van der Waals surface area contributed by atoms with Crippen molar-refractivity contribution in [3.05, 3.63) is 34.0 Å². The SMILES string of the molecule is CCCNCc1oc2c(Br)cccc2c1C(C)C. The number of nitrogens with one attached hydrogen (secondary N) is 1. The fourth-order valence-corrected chi connectivity index (χ4v) is 2.74. The van der Waals surface area contributed by atoms with E-state index in [2.05, 4.69) is 54.2 Å². The molecule has 0 unspecified atom stereocenters. The number of fused-ring (bicyclic) bond motifs is 1. The lowest BCUT2D eigenvalue weighted by Gasteiger charge is -2.07. The van der Waals surface area contributed by atoms with Gasteiger partial charge in [-0.3, -0.25) is 0 Å². The minimum absolute atomic E-state index is 0.471. The lowest BCUT2D eigenvalue weighted by molar-refractivity contribution is 0.503. The number of benzene rings is 1. The second-order valence-electron chi connectivity index (χ2n) is 4.89. The van der Waals surface area contributed by atoms with Gasteiger partial charge in [0.1, 0.15) is 11.3 Å². The Balaban J connectivity index is 2.44. The predicted octanol–water partition coefficient (Wildman–Crippen LogP) is 4.82. The Bertz CT molecular complexity index is 531. The Labute approximate surface area is 117 Å². The van der Waals surface area contributed by atoms with Gasteiger partial charge in [0.05, 0.1) is 11.0 Å². The molecule has 1 aromatic heterocycles. The molecule has 98 valence electrons. The molecular weight excluding hydrogens is 290 g/mol. The molecule has 0 spiro atoms. The van der Waals surface area contributed by atoms with E-state index in [1.165, 1.54) is 10.9 Å². The number of hydrogen-bond donors (Lipinski definition) is 1. The first-order valence-corrected chi connectivity index (χ1v) is 7.35. The normalized spacial score (nSPS) is 11.6. The van der Waals surface area contributed by atoms with E-state index in [0.717, 1.165) is 35.3 Å². The summed E-state index contributed by atoms with van der Waals surface area (Å²) in [6.45, 7) is 8.44. The molecule has 1 aromatic carbocycles. The molecule has 0 saturated carbocycles. The standard InChI is InChI=1S/C15H20BrNO/c1-4-8-17-9-13-14(10(2)3)11-6-5-7-12(16)15(11)18-13/h5-7,10,17H,4,8-9H2,1-3H3. The largest absolute Gasteiger partial charge is 0.458 e. The summed E-state index contributed by atoms with van der Waals surface area (Å²) in [6, 6.07) is 6.23. The summed E-state index contributed by atoms with van der Waals surface area (Å²) >= 11 is 3.56. The van der Waals surface area contributed by atoms with Crippen LogP contribution in [0, 0.1) is 0 Å². The van der Waals surface area contributed by atoms with Crippen molar-refractivity contribution in [2.75, 3.05) is 6.54 Å². The highest BCUT2D eigenvalue weighted by molar-refractivity contribution is 9.10. The number of furan rings is 1. The first kappa shape index (κ1) is 13.6. The molecule has 0 aliphatic rings. The van der Waals surface area contributed by atoms with Crippen LogP contribution in [0.5, 0.6) is 0 Å². The Morgan fingerprint density at radius 3 is 2.78 bits per heavy atom. The van der Waals surface area contributed by atoms with Crippen LogP contribution in [0.2, 0.25) is 0 Å². The molecule has 18 heavy (non-hydrogen) atoms. The van der Waals surface area contributed by atoms with Crippen LogP contribution >= 0.6 is 15.9 Å². The van der Waals surface area contributed by atoms with Crippen LogP contribution in [0.15, 0.2) is 27.1 Å². The van der Waals surface area contributed by atoms with Crippen LogP contribution in [0.3, 0.4) is 0 Å². The molecule has 0 bridgehead atoms. The van der Waals surface area contributed by atoms with Crippen LogP contribution in [-0.2, 0) is 6.54 Å². The molecule has 0 aliphatic heterocycles. The van der Waals surface area contributed by atoms with Crippen molar-refractivity contribution in [3.8, 4) is 0 Å². The number of para-hydroxylation sites is 1. The predicted molar refractivity (Wildman–Crippen MR) is 80.0 cm³/mol. The van der Waals surface area contributed by atoms with E-state index in [4.69, 9.17) is 4.42 Å². The first-order valence-electron chi connectivity index (χ1n) is 6.55. The van der Waals surface area contributed by atoms with Gasteiger partial charge in [-0.15, -0.1) is 0 Å². The highest BCUT2D eigenvalue weighted by Gasteiger charge is 2.17. The van der Waals surface area contributed by atoms with Gasteiger partial charge in [-0.1, -0.05) is 32.9 Å². The summed E-state index contributed by atoms with van der Waals surface area (Å²) in [6.07, 6.45) is 1.14. The highest BCUT2D eigenvalue weighted by Crippen LogP contribution is 2.35.